The molecule has 3 N–H and O–H groups in total. The third-order valence-electron chi connectivity index (χ3n) is 5.92. The van der Waals surface area contributed by atoms with Crippen molar-refractivity contribution in [1.82, 2.24) is 9.78 Å². The van der Waals surface area contributed by atoms with Crippen LogP contribution in [0, 0.1) is 0 Å². The maximum atomic E-state index is 12.5. The number of rotatable bonds is 6. The Hall–Kier alpha value is -2.88. The van der Waals surface area contributed by atoms with Crippen LogP contribution in [0.3, 0.4) is 0 Å². The van der Waals surface area contributed by atoms with Crippen LogP contribution in [0.15, 0.2) is 59.8 Å². The van der Waals surface area contributed by atoms with Gasteiger partial charge in [-0.2, -0.15) is 5.10 Å². The summed E-state index contributed by atoms with van der Waals surface area (Å²) in [6.07, 6.45) is 5.78. The van der Waals surface area contributed by atoms with E-state index in [-0.39, 0.29) is 17.2 Å². The summed E-state index contributed by atoms with van der Waals surface area (Å²) in [5, 5.41) is 13.1. The zero-order chi connectivity index (χ0) is 23.8. The molecule has 1 aromatic heterocycles. The minimum absolute atomic E-state index is 0.0564. The lowest BCUT2D eigenvalue weighted by atomic mass is 10.1. The lowest BCUT2D eigenvalue weighted by Gasteiger charge is -2.26. The lowest BCUT2D eigenvalue weighted by Crippen LogP contribution is -2.32. The molecule has 8 nitrogen and oxygen atoms in total. The molecule has 0 spiro atoms. The Morgan fingerprint density at radius 1 is 1.18 bits per heavy atom. The third-order valence-corrected chi connectivity index (χ3v) is 7.23. The van der Waals surface area contributed by atoms with Gasteiger partial charge < -0.3 is 10.2 Å². The van der Waals surface area contributed by atoms with Crippen LogP contribution >= 0.6 is 11.6 Å². The molecule has 10 heteroatoms. The van der Waals surface area contributed by atoms with Crippen molar-refractivity contribution in [3.05, 3.63) is 65.4 Å². The fourth-order valence-corrected chi connectivity index (χ4v) is 5.26. The normalized spacial score (nSPS) is 18.5. The molecule has 1 aliphatic heterocycles. The summed E-state index contributed by atoms with van der Waals surface area (Å²) in [5.74, 6) is -0.324. The fourth-order valence-electron chi connectivity index (χ4n) is 4.31. The summed E-state index contributed by atoms with van der Waals surface area (Å²) in [7, 11) is -4.08. The first-order valence-corrected chi connectivity index (χ1v) is 12.6. The van der Waals surface area contributed by atoms with E-state index >= 15 is 0 Å². The number of primary sulfonamides is 1. The molecule has 1 saturated heterocycles. The number of carbonyl (C=O) groups excluding carboxylic acids is 1. The first kappa shape index (κ1) is 23.3. The quantitative estimate of drug-likeness (QED) is 0.550. The molecule has 0 aliphatic carbocycles. The second-order valence-corrected chi connectivity index (χ2v) is 10.3. The fraction of sp³-hybridized carbons (Fsp3) is 0.304. The zero-order valence-electron chi connectivity index (χ0n) is 18.4. The molecule has 1 amide bonds. The largest absolute Gasteiger partial charge is 0.364 e. The van der Waals surface area contributed by atoms with E-state index in [1.54, 1.807) is 48.8 Å². The Labute approximate surface area is 198 Å². The molecular formula is C23H26ClN5O3S. The van der Waals surface area contributed by atoms with E-state index in [0.29, 0.717) is 34.0 Å². The van der Waals surface area contributed by atoms with Gasteiger partial charge in [0, 0.05) is 22.8 Å². The summed E-state index contributed by atoms with van der Waals surface area (Å²) < 4.78 is 26.2. The second kappa shape index (κ2) is 9.17. The molecular weight excluding hydrogens is 462 g/mol. The number of anilines is 2. The van der Waals surface area contributed by atoms with Crippen molar-refractivity contribution < 1.29 is 13.2 Å². The average Bonchev–Trinajstić information content (AvgIpc) is 3.35. The number of halogens is 1. The predicted molar refractivity (Wildman–Crippen MR) is 129 cm³/mol. The number of amides is 1. The van der Waals surface area contributed by atoms with Gasteiger partial charge in [0.2, 0.25) is 15.9 Å². The molecule has 2 aromatic carbocycles. The van der Waals surface area contributed by atoms with Crippen LogP contribution in [0.1, 0.15) is 32.3 Å². The maximum absolute atomic E-state index is 12.5. The highest BCUT2D eigenvalue weighted by Gasteiger charge is 2.28. The van der Waals surface area contributed by atoms with Crippen LogP contribution < -0.4 is 15.4 Å². The number of aromatic nitrogens is 2. The Bertz CT molecular complexity index is 1280. The van der Waals surface area contributed by atoms with Crippen LogP contribution in [-0.4, -0.2) is 36.2 Å². The third kappa shape index (κ3) is 5.05. The number of benzene rings is 2. The van der Waals surface area contributed by atoms with Crippen molar-refractivity contribution in [1.29, 1.82) is 0 Å². The smallest absolute Gasteiger partial charge is 0.240 e. The van der Waals surface area contributed by atoms with Crippen molar-refractivity contribution in [2.24, 2.45) is 5.14 Å². The molecule has 0 unspecified atom stereocenters. The van der Waals surface area contributed by atoms with Crippen LogP contribution in [-0.2, 0) is 21.2 Å². The van der Waals surface area contributed by atoms with Gasteiger partial charge in [-0.15, -0.1) is 0 Å². The number of hydrogen-bond acceptors (Lipinski definition) is 5. The van der Waals surface area contributed by atoms with E-state index in [2.05, 4.69) is 29.2 Å². The number of carbonyl (C=O) groups is 1. The molecule has 4 rings (SSSR count). The number of hydrogen-bond donors (Lipinski definition) is 2. The number of nitrogens with one attached hydrogen (secondary N) is 1. The number of sulfonamides is 1. The van der Waals surface area contributed by atoms with Crippen molar-refractivity contribution >= 4 is 38.9 Å². The molecule has 0 radical (unpaired) electrons. The molecule has 0 bridgehead atoms. The Balaban J connectivity index is 1.61. The van der Waals surface area contributed by atoms with E-state index in [1.165, 1.54) is 10.7 Å². The van der Waals surface area contributed by atoms with E-state index < -0.39 is 10.0 Å². The molecule has 33 heavy (non-hydrogen) atoms. The molecule has 0 saturated carbocycles. The van der Waals surface area contributed by atoms with Crippen molar-refractivity contribution in [3.8, 4) is 5.69 Å². The zero-order valence-corrected chi connectivity index (χ0v) is 20.0. The van der Waals surface area contributed by atoms with Gasteiger partial charge in [-0.25, -0.2) is 18.2 Å². The predicted octanol–water partition coefficient (Wildman–Crippen LogP) is 3.73. The number of nitrogens with zero attached hydrogens (tertiary/aromatic N) is 3. The number of nitrogens with two attached hydrogens (primary N) is 1. The summed E-state index contributed by atoms with van der Waals surface area (Å²) in [6, 6.07) is 12.4. The van der Waals surface area contributed by atoms with Crippen molar-refractivity contribution in [2.75, 3.05) is 10.2 Å². The molecule has 2 atom stereocenters. The Morgan fingerprint density at radius 3 is 2.55 bits per heavy atom. The molecule has 1 aliphatic rings. The van der Waals surface area contributed by atoms with Gasteiger partial charge in [-0.3, -0.25) is 4.79 Å². The second-order valence-electron chi connectivity index (χ2n) is 8.37. The van der Waals surface area contributed by atoms with Gasteiger partial charge in [-0.1, -0.05) is 29.8 Å². The first-order chi connectivity index (χ1) is 15.6. The topological polar surface area (TPSA) is 110 Å². The summed E-state index contributed by atoms with van der Waals surface area (Å²) in [6.45, 7) is 4.33. The van der Waals surface area contributed by atoms with E-state index in [1.807, 2.05) is 0 Å². The molecule has 3 aromatic rings. The van der Waals surface area contributed by atoms with Gasteiger partial charge >= 0.3 is 0 Å². The average molecular weight is 488 g/mol. The minimum atomic E-state index is -4.08. The van der Waals surface area contributed by atoms with Gasteiger partial charge in [0.1, 0.15) is 4.90 Å². The highest BCUT2D eigenvalue weighted by molar-refractivity contribution is 7.89. The van der Waals surface area contributed by atoms with E-state index in [9.17, 15) is 13.2 Å². The van der Waals surface area contributed by atoms with Crippen LogP contribution in [0.2, 0.25) is 5.02 Å². The maximum Gasteiger partial charge on any atom is 0.240 e. The molecule has 174 valence electrons. The van der Waals surface area contributed by atoms with Crippen LogP contribution in [0.25, 0.3) is 5.69 Å². The van der Waals surface area contributed by atoms with Gasteiger partial charge in [0.05, 0.1) is 30.2 Å². The standard InChI is InChI=1S/C23H26ClN5O3S/c1-15-7-8-16(2)29(15)19-13-26-28(14-19)21-10-9-18(12-22(21)33(25,31)32)27-23(30)11-17-5-3-4-6-20(17)24/h3-6,9-10,12-16H,7-8,11H2,1-2H3,(H,27,30)(H2,25,31,32)/t15-,16-/m1/s1. The van der Waals surface area contributed by atoms with E-state index in [4.69, 9.17) is 16.7 Å². The summed E-state index contributed by atoms with van der Waals surface area (Å²) in [4.78, 5) is 14.6. The Kier molecular flexibility index (Phi) is 6.47. The minimum Gasteiger partial charge on any atom is -0.364 e. The highest BCUT2D eigenvalue weighted by atomic mass is 35.5. The summed E-state index contributed by atoms with van der Waals surface area (Å²) >= 11 is 6.12. The first-order valence-electron chi connectivity index (χ1n) is 10.7. The van der Waals surface area contributed by atoms with Crippen molar-refractivity contribution in [2.45, 2.75) is 50.1 Å². The van der Waals surface area contributed by atoms with E-state index in [0.717, 1.165) is 18.5 Å². The van der Waals surface area contributed by atoms with Crippen LogP contribution in [0.4, 0.5) is 11.4 Å². The van der Waals surface area contributed by atoms with Crippen LogP contribution in [0.5, 0.6) is 0 Å². The SMILES string of the molecule is C[C@@H]1CC[C@@H](C)N1c1cnn(-c2ccc(NC(=O)Cc3ccccc3Cl)cc2S(N)(=O)=O)c1. The van der Waals surface area contributed by atoms with Crippen molar-refractivity contribution in [3.63, 3.8) is 0 Å². The van der Waals surface area contributed by atoms with Gasteiger partial charge in [-0.05, 0) is 56.5 Å². The highest BCUT2D eigenvalue weighted by Crippen LogP contribution is 2.31. The lowest BCUT2D eigenvalue weighted by molar-refractivity contribution is -0.115. The monoisotopic (exact) mass is 487 g/mol. The molecule has 2 heterocycles. The van der Waals surface area contributed by atoms with Gasteiger partial charge in [0.25, 0.3) is 0 Å². The van der Waals surface area contributed by atoms with Gasteiger partial charge in [0.15, 0.2) is 0 Å². The Morgan fingerprint density at radius 2 is 1.88 bits per heavy atom. The summed E-state index contributed by atoms with van der Waals surface area (Å²) in [5.41, 5.74) is 2.22. The molecule has 1 fully saturated rings.